The Morgan fingerprint density at radius 1 is 1.06 bits per heavy atom. The largest absolute Gasteiger partial charge is 0.493 e. The van der Waals surface area contributed by atoms with E-state index in [1.54, 1.807) is 6.92 Å². The zero-order valence-electron chi connectivity index (χ0n) is 21.2. The van der Waals surface area contributed by atoms with Crippen molar-refractivity contribution >= 4 is 17.7 Å². The highest BCUT2D eigenvalue weighted by Crippen LogP contribution is 2.37. The lowest BCUT2D eigenvalue weighted by molar-refractivity contribution is -0.153. The number of carboxylic acids is 1. The molecule has 0 aromatic heterocycles. The van der Waals surface area contributed by atoms with Crippen LogP contribution in [-0.2, 0) is 28.6 Å². The van der Waals surface area contributed by atoms with Gasteiger partial charge < -0.3 is 24.4 Å². The van der Waals surface area contributed by atoms with Crippen LogP contribution in [0, 0.1) is 11.8 Å². The van der Waals surface area contributed by atoms with Gasteiger partial charge in [0.05, 0.1) is 20.3 Å². The first-order valence-corrected chi connectivity index (χ1v) is 11.4. The van der Waals surface area contributed by atoms with Gasteiger partial charge in [0.25, 0.3) is 0 Å². The van der Waals surface area contributed by atoms with Crippen LogP contribution in [0.15, 0.2) is 46.5 Å². The highest BCUT2D eigenvalue weighted by Gasteiger charge is 2.44. The molecule has 1 aliphatic carbocycles. The fraction of sp³-hybridized carbons (Fsp3) is 0.577. The smallest absolute Gasteiger partial charge is 0.331 e. The zero-order chi connectivity index (χ0) is 26.0. The Labute approximate surface area is 202 Å². The van der Waals surface area contributed by atoms with Gasteiger partial charge in [-0.1, -0.05) is 30.2 Å². The highest BCUT2D eigenvalue weighted by molar-refractivity contribution is 5.97. The van der Waals surface area contributed by atoms with E-state index in [-0.39, 0.29) is 28.8 Å². The summed E-state index contributed by atoms with van der Waals surface area (Å²) in [6.45, 7) is 8.48. The number of methoxy groups -OCH3 is 2. The van der Waals surface area contributed by atoms with E-state index in [1.807, 2.05) is 26.0 Å². The van der Waals surface area contributed by atoms with Gasteiger partial charge in [-0.25, -0.2) is 4.79 Å². The van der Waals surface area contributed by atoms with Crippen LogP contribution < -0.4 is 0 Å². The number of esters is 1. The van der Waals surface area contributed by atoms with Crippen molar-refractivity contribution in [2.24, 2.45) is 11.8 Å². The first-order valence-electron chi connectivity index (χ1n) is 11.4. The normalized spacial score (nSPS) is 23.0. The molecule has 34 heavy (non-hydrogen) atoms. The molecule has 0 radical (unpaired) electrons. The van der Waals surface area contributed by atoms with Crippen LogP contribution in [0.25, 0.3) is 0 Å². The molecule has 0 heterocycles. The lowest BCUT2D eigenvalue weighted by atomic mass is 9.77. The molecule has 2 N–H and O–H groups in total. The van der Waals surface area contributed by atoms with Crippen molar-refractivity contribution in [3.05, 3.63) is 46.5 Å². The number of hydrogen-bond donors (Lipinski definition) is 2. The number of carbonyl (C=O) groups is 3. The highest BCUT2D eigenvalue weighted by atomic mass is 16.6. The summed E-state index contributed by atoms with van der Waals surface area (Å²) in [5, 5.41) is 18.9. The molecule has 4 atom stereocenters. The number of aliphatic hydroxyl groups is 1. The van der Waals surface area contributed by atoms with Crippen LogP contribution in [0.3, 0.4) is 0 Å². The number of allylic oxidation sites excluding steroid dienone is 4. The minimum Gasteiger partial charge on any atom is -0.493 e. The Morgan fingerprint density at radius 3 is 2.24 bits per heavy atom. The van der Waals surface area contributed by atoms with Gasteiger partial charge in [-0.05, 0) is 52.5 Å². The Morgan fingerprint density at radius 2 is 1.71 bits per heavy atom. The van der Waals surface area contributed by atoms with Crippen molar-refractivity contribution in [1.29, 1.82) is 0 Å². The first kappa shape index (κ1) is 29.2. The van der Waals surface area contributed by atoms with Gasteiger partial charge in [-0.15, -0.1) is 0 Å². The van der Waals surface area contributed by atoms with Crippen molar-refractivity contribution in [3.63, 3.8) is 0 Å². The van der Waals surface area contributed by atoms with E-state index in [0.29, 0.717) is 12.8 Å². The number of aliphatic carboxylic acids is 1. The summed E-state index contributed by atoms with van der Waals surface area (Å²) in [6, 6.07) is 0. The Bertz CT molecular complexity index is 877. The summed E-state index contributed by atoms with van der Waals surface area (Å²) in [6.07, 6.45) is 6.30. The van der Waals surface area contributed by atoms with Crippen molar-refractivity contribution in [1.82, 2.24) is 0 Å². The van der Waals surface area contributed by atoms with Crippen LogP contribution in [0.4, 0.5) is 0 Å². The maximum absolute atomic E-state index is 12.8. The molecule has 0 spiro atoms. The molecule has 0 aromatic carbocycles. The maximum Gasteiger partial charge on any atom is 0.331 e. The molecule has 0 saturated carbocycles. The molecule has 0 fully saturated rings. The van der Waals surface area contributed by atoms with E-state index in [1.165, 1.54) is 34.1 Å². The van der Waals surface area contributed by atoms with E-state index >= 15 is 0 Å². The third-order valence-corrected chi connectivity index (χ3v) is 5.95. The molecular weight excluding hydrogens is 440 g/mol. The third-order valence-electron chi connectivity index (χ3n) is 5.95. The quantitative estimate of drug-likeness (QED) is 0.244. The van der Waals surface area contributed by atoms with E-state index in [0.717, 1.165) is 24.0 Å². The van der Waals surface area contributed by atoms with Gasteiger partial charge in [-0.3, -0.25) is 9.59 Å². The molecule has 0 aromatic rings. The maximum atomic E-state index is 12.8. The standard InChI is InChI=1S/C26H38O8/c1-15(9-8-10-16(2)13-20(28)14-17(3)26(30)31)11-12-21-18(4)22(29)24(32-6)25(33-7)23(21)34-19(5)27/h10-11,14,18,20-21,23,28H,8-9,12-13H2,1-7H3,(H,30,31). The van der Waals surface area contributed by atoms with E-state index in [2.05, 4.69) is 0 Å². The number of ether oxygens (including phenoxy) is 3. The van der Waals surface area contributed by atoms with Gasteiger partial charge in [0, 0.05) is 24.3 Å². The summed E-state index contributed by atoms with van der Waals surface area (Å²) in [4.78, 5) is 35.3. The second-order valence-corrected chi connectivity index (χ2v) is 8.75. The number of ketones is 1. The Kier molecular flexibility index (Phi) is 11.8. The lowest BCUT2D eigenvalue weighted by Crippen LogP contribution is -2.42. The fourth-order valence-electron chi connectivity index (χ4n) is 3.98. The van der Waals surface area contributed by atoms with Crippen LogP contribution in [0.1, 0.15) is 60.3 Å². The molecule has 8 nitrogen and oxygen atoms in total. The summed E-state index contributed by atoms with van der Waals surface area (Å²) in [7, 11) is 2.82. The summed E-state index contributed by atoms with van der Waals surface area (Å²) < 4.78 is 16.2. The summed E-state index contributed by atoms with van der Waals surface area (Å²) >= 11 is 0. The Balaban J connectivity index is 2.84. The predicted molar refractivity (Wildman–Crippen MR) is 128 cm³/mol. The van der Waals surface area contributed by atoms with Crippen molar-refractivity contribution < 1.29 is 38.8 Å². The van der Waals surface area contributed by atoms with Gasteiger partial charge in [0.2, 0.25) is 11.5 Å². The van der Waals surface area contributed by atoms with Crippen LogP contribution >= 0.6 is 0 Å². The number of rotatable bonds is 12. The van der Waals surface area contributed by atoms with Gasteiger partial charge >= 0.3 is 11.9 Å². The first-order chi connectivity index (χ1) is 15.9. The van der Waals surface area contributed by atoms with E-state index in [4.69, 9.17) is 19.3 Å². The third kappa shape index (κ3) is 8.48. The number of carboxylic acid groups (broad SMARTS) is 1. The van der Waals surface area contributed by atoms with Gasteiger partial charge in [0.15, 0.2) is 11.9 Å². The second-order valence-electron chi connectivity index (χ2n) is 8.75. The molecule has 0 bridgehead atoms. The van der Waals surface area contributed by atoms with Crippen LogP contribution in [-0.4, -0.2) is 54.4 Å². The average molecular weight is 479 g/mol. The summed E-state index contributed by atoms with van der Waals surface area (Å²) in [5.41, 5.74) is 2.21. The Hall–Kier alpha value is -2.87. The molecule has 0 aliphatic heterocycles. The minimum atomic E-state index is -1.04. The monoisotopic (exact) mass is 478 g/mol. The molecule has 0 amide bonds. The van der Waals surface area contributed by atoms with E-state index in [9.17, 15) is 19.5 Å². The number of hydrogen-bond acceptors (Lipinski definition) is 7. The number of carbonyl (C=O) groups excluding carboxylic acids is 2. The molecule has 8 heteroatoms. The van der Waals surface area contributed by atoms with Crippen molar-refractivity contribution in [3.8, 4) is 0 Å². The van der Waals surface area contributed by atoms with Crippen molar-refractivity contribution in [2.45, 2.75) is 72.5 Å². The number of Topliss-reactive ketones (excluding diaryl/α,β-unsaturated/α-hetero) is 1. The van der Waals surface area contributed by atoms with Gasteiger partial charge in [-0.2, -0.15) is 0 Å². The SMILES string of the molecule is COC1=C(OC)C(OC(C)=O)C(CC=C(C)CCC=C(C)CC(O)C=C(C)C(=O)O)C(C)C1=O. The molecule has 1 rings (SSSR count). The van der Waals surface area contributed by atoms with Crippen molar-refractivity contribution in [2.75, 3.05) is 14.2 Å². The van der Waals surface area contributed by atoms with Gasteiger partial charge in [0.1, 0.15) is 0 Å². The zero-order valence-corrected chi connectivity index (χ0v) is 21.2. The lowest BCUT2D eigenvalue weighted by Gasteiger charge is -2.35. The van der Waals surface area contributed by atoms with E-state index < -0.39 is 30.1 Å². The number of aliphatic hydroxyl groups excluding tert-OH is 1. The fourth-order valence-corrected chi connectivity index (χ4v) is 3.98. The summed E-state index contributed by atoms with van der Waals surface area (Å²) in [5.74, 6) is -2.04. The molecule has 1 aliphatic rings. The molecule has 4 unspecified atom stereocenters. The minimum absolute atomic E-state index is 0.0920. The molecule has 190 valence electrons. The second kappa shape index (κ2) is 13.7. The van der Waals surface area contributed by atoms with Crippen LogP contribution in [0.5, 0.6) is 0 Å². The topological polar surface area (TPSA) is 119 Å². The average Bonchev–Trinajstić information content (AvgIpc) is 2.74. The molecule has 0 saturated heterocycles. The van der Waals surface area contributed by atoms with Crippen LogP contribution in [0.2, 0.25) is 0 Å². The molecular formula is C26H38O8. The predicted octanol–water partition coefficient (Wildman–Crippen LogP) is 4.10.